The summed E-state index contributed by atoms with van der Waals surface area (Å²) < 4.78 is 13.1. The van der Waals surface area contributed by atoms with Gasteiger partial charge in [0, 0.05) is 18.9 Å². The number of carbonyl (C=O) groups excluding carboxylic acids is 2. The van der Waals surface area contributed by atoms with E-state index in [2.05, 4.69) is 10.6 Å². The van der Waals surface area contributed by atoms with Gasteiger partial charge in [-0.25, -0.2) is 4.39 Å². The molecule has 0 radical (unpaired) electrons. The van der Waals surface area contributed by atoms with Crippen LogP contribution < -0.4 is 10.6 Å². The number of halogens is 1. The maximum absolute atomic E-state index is 13.1. The van der Waals surface area contributed by atoms with Crippen molar-refractivity contribution in [3.8, 4) is 0 Å². The predicted molar refractivity (Wildman–Crippen MR) is 87.1 cm³/mol. The van der Waals surface area contributed by atoms with Crippen LogP contribution >= 0.6 is 0 Å². The topological polar surface area (TPSA) is 58.2 Å². The number of benzene rings is 1. The fourth-order valence-corrected chi connectivity index (χ4v) is 2.59. The van der Waals surface area contributed by atoms with Crippen LogP contribution in [0.2, 0.25) is 0 Å². The van der Waals surface area contributed by atoms with Gasteiger partial charge in [-0.1, -0.05) is 31.2 Å². The number of hydrogen-bond donors (Lipinski definition) is 2. The van der Waals surface area contributed by atoms with Crippen molar-refractivity contribution in [2.24, 2.45) is 0 Å². The summed E-state index contributed by atoms with van der Waals surface area (Å²) in [6, 6.07) is 6.04. The van der Waals surface area contributed by atoms with Crippen molar-refractivity contribution in [3.05, 3.63) is 47.8 Å². The Morgan fingerprint density at radius 1 is 1.00 bits per heavy atom. The van der Waals surface area contributed by atoms with Gasteiger partial charge in [-0.3, -0.25) is 9.59 Å². The van der Waals surface area contributed by atoms with Gasteiger partial charge in [-0.2, -0.15) is 0 Å². The van der Waals surface area contributed by atoms with Gasteiger partial charge in [0.05, 0.1) is 6.04 Å². The molecule has 2 atom stereocenters. The number of nitrogens with one attached hydrogen (secondary N) is 2. The second kappa shape index (κ2) is 8.46. The van der Waals surface area contributed by atoms with E-state index in [0.29, 0.717) is 6.42 Å². The maximum Gasteiger partial charge on any atom is 0.221 e. The molecule has 1 aliphatic heterocycles. The molecule has 124 valence electrons. The van der Waals surface area contributed by atoms with Gasteiger partial charge in [-0.15, -0.1) is 0 Å². The summed E-state index contributed by atoms with van der Waals surface area (Å²) in [5, 5.41) is 5.87. The molecule has 4 nitrogen and oxygen atoms in total. The van der Waals surface area contributed by atoms with Crippen molar-refractivity contribution in [1.82, 2.24) is 10.6 Å². The SMILES string of the molecule is CC[C@H]1C/C=C\C[C@@H](c2ccc(F)cc2)NC(=O)CCC(=O)N1. The van der Waals surface area contributed by atoms with Crippen molar-refractivity contribution in [1.29, 1.82) is 0 Å². The lowest BCUT2D eigenvalue weighted by molar-refractivity contribution is -0.127. The fourth-order valence-electron chi connectivity index (χ4n) is 2.59. The van der Waals surface area contributed by atoms with E-state index in [0.717, 1.165) is 18.4 Å². The van der Waals surface area contributed by atoms with Crippen LogP contribution in [0.4, 0.5) is 4.39 Å². The van der Waals surface area contributed by atoms with Crippen molar-refractivity contribution >= 4 is 11.8 Å². The van der Waals surface area contributed by atoms with Crippen LogP contribution in [0.5, 0.6) is 0 Å². The zero-order chi connectivity index (χ0) is 16.7. The Balaban J connectivity index is 2.14. The highest BCUT2D eigenvalue weighted by atomic mass is 19.1. The fraction of sp³-hybridized carbons (Fsp3) is 0.444. The van der Waals surface area contributed by atoms with Crippen molar-refractivity contribution in [3.63, 3.8) is 0 Å². The van der Waals surface area contributed by atoms with Crippen LogP contribution in [0.1, 0.15) is 50.6 Å². The summed E-state index contributed by atoms with van der Waals surface area (Å²) in [5.74, 6) is -0.568. The Labute approximate surface area is 136 Å². The normalized spacial score (nSPS) is 24.8. The first-order valence-corrected chi connectivity index (χ1v) is 8.07. The predicted octanol–water partition coefficient (Wildman–Crippen LogP) is 3.01. The molecule has 2 N–H and O–H groups in total. The minimum Gasteiger partial charge on any atom is -0.353 e. The van der Waals surface area contributed by atoms with E-state index in [4.69, 9.17) is 0 Å². The number of rotatable bonds is 2. The first-order valence-electron chi connectivity index (χ1n) is 8.07. The zero-order valence-corrected chi connectivity index (χ0v) is 13.3. The van der Waals surface area contributed by atoms with Crippen LogP contribution in [0, 0.1) is 5.82 Å². The average molecular weight is 318 g/mol. The van der Waals surface area contributed by atoms with Crippen LogP contribution in [0.3, 0.4) is 0 Å². The lowest BCUT2D eigenvalue weighted by Crippen LogP contribution is -2.36. The highest BCUT2D eigenvalue weighted by molar-refractivity contribution is 5.84. The van der Waals surface area contributed by atoms with E-state index < -0.39 is 0 Å². The molecular weight excluding hydrogens is 295 g/mol. The molecule has 23 heavy (non-hydrogen) atoms. The summed E-state index contributed by atoms with van der Waals surface area (Å²) in [6.45, 7) is 2.03. The molecular formula is C18H23FN2O2. The third-order valence-corrected chi connectivity index (χ3v) is 4.00. The summed E-state index contributed by atoms with van der Waals surface area (Å²) in [7, 11) is 0. The third kappa shape index (κ3) is 5.51. The first-order chi connectivity index (χ1) is 11.1. The lowest BCUT2D eigenvalue weighted by atomic mass is 10.0. The summed E-state index contributed by atoms with van der Waals surface area (Å²) in [6.07, 6.45) is 6.63. The molecule has 0 bridgehead atoms. The highest BCUT2D eigenvalue weighted by Crippen LogP contribution is 2.19. The Morgan fingerprint density at radius 3 is 2.26 bits per heavy atom. The van der Waals surface area contributed by atoms with Gasteiger partial charge in [0.15, 0.2) is 0 Å². The van der Waals surface area contributed by atoms with E-state index in [1.165, 1.54) is 12.1 Å². The first kappa shape index (κ1) is 17.2. The van der Waals surface area contributed by atoms with E-state index >= 15 is 0 Å². The van der Waals surface area contributed by atoms with Gasteiger partial charge in [0.2, 0.25) is 11.8 Å². The maximum atomic E-state index is 13.1. The highest BCUT2D eigenvalue weighted by Gasteiger charge is 2.16. The quantitative estimate of drug-likeness (QED) is 0.824. The van der Waals surface area contributed by atoms with Gasteiger partial charge < -0.3 is 10.6 Å². The monoisotopic (exact) mass is 318 g/mol. The van der Waals surface area contributed by atoms with Crippen molar-refractivity contribution in [2.75, 3.05) is 0 Å². The molecule has 1 aromatic rings. The van der Waals surface area contributed by atoms with Gasteiger partial charge in [0.25, 0.3) is 0 Å². The summed E-state index contributed by atoms with van der Waals surface area (Å²) in [4.78, 5) is 23.9. The molecule has 0 aliphatic carbocycles. The van der Waals surface area contributed by atoms with E-state index in [1.807, 2.05) is 19.1 Å². The largest absolute Gasteiger partial charge is 0.353 e. The molecule has 0 aromatic heterocycles. The van der Waals surface area contributed by atoms with E-state index in [9.17, 15) is 14.0 Å². The van der Waals surface area contributed by atoms with Gasteiger partial charge in [-0.05, 0) is 37.0 Å². The minimum absolute atomic E-state index is 0.0979. The van der Waals surface area contributed by atoms with Crippen LogP contribution in [0.25, 0.3) is 0 Å². The zero-order valence-electron chi connectivity index (χ0n) is 13.3. The third-order valence-electron chi connectivity index (χ3n) is 4.00. The average Bonchev–Trinajstić information content (AvgIpc) is 2.54. The van der Waals surface area contributed by atoms with Crippen molar-refractivity contribution in [2.45, 2.75) is 51.1 Å². The molecule has 2 amide bonds. The second-order valence-corrected chi connectivity index (χ2v) is 5.79. The number of hydrogen-bond acceptors (Lipinski definition) is 2. The van der Waals surface area contributed by atoms with Crippen LogP contribution in [-0.4, -0.2) is 17.9 Å². The van der Waals surface area contributed by atoms with Gasteiger partial charge >= 0.3 is 0 Å². The molecule has 1 heterocycles. The molecule has 1 aliphatic rings. The Hall–Kier alpha value is -2.17. The summed E-state index contributed by atoms with van der Waals surface area (Å²) in [5.41, 5.74) is 0.859. The van der Waals surface area contributed by atoms with E-state index in [1.54, 1.807) is 12.1 Å². The lowest BCUT2D eigenvalue weighted by Gasteiger charge is -2.20. The molecule has 0 unspecified atom stereocenters. The van der Waals surface area contributed by atoms with Crippen LogP contribution in [0.15, 0.2) is 36.4 Å². The van der Waals surface area contributed by atoms with Crippen molar-refractivity contribution < 1.29 is 14.0 Å². The molecule has 1 aromatic carbocycles. The van der Waals surface area contributed by atoms with Gasteiger partial charge in [0.1, 0.15) is 5.82 Å². The molecule has 0 spiro atoms. The Kier molecular flexibility index (Phi) is 6.32. The van der Waals surface area contributed by atoms with E-state index in [-0.39, 0.29) is 42.6 Å². The molecule has 0 saturated heterocycles. The molecule has 2 rings (SSSR count). The Morgan fingerprint density at radius 2 is 1.61 bits per heavy atom. The minimum atomic E-state index is -0.300. The number of carbonyl (C=O) groups is 2. The Bertz CT molecular complexity index is 569. The second-order valence-electron chi connectivity index (χ2n) is 5.79. The molecule has 5 heteroatoms. The smallest absolute Gasteiger partial charge is 0.221 e. The standard InChI is InChI=1S/C18H23FN2O2/c1-2-15-5-3-4-6-16(13-7-9-14(19)10-8-13)21-18(23)12-11-17(22)20-15/h3-4,7-10,15-16H,2,5-6,11-12H2,1H3,(H,20,22)(H,21,23)/b4-3-/t15-,16-/m0/s1. The molecule has 0 saturated carbocycles. The summed E-state index contributed by atoms with van der Waals surface area (Å²) >= 11 is 0. The molecule has 0 fully saturated rings. The van der Waals surface area contributed by atoms with Crippen LogP contribution in [-0.2, 0) is 9.59 Å². The number of amides is 2.